The number of carbonyl (C=O) groups excluding carboxylic acids is 1. The van der Waals surface area contributed by atoms with E-state index >= 15 is 4.39 Å². The maximum absolute atomic E-state index is 15.2. The van der Waals surface area contributed by atoms with Crippen LogP contribution in [0.15, 0.2) is 36.5 Å². The van der Waals surface area contributed by atoms with Crippen LogP contribution < -0.4 is 19.7 Å². The van der Waals surface area contributed by atoms with Crippen LogP contribution in [0.2, 0.25) is 5.02 Å². The number of piperazine rings is 1. The van der Waals surface area contributed by atoms with Gasteiger partial charge < -0.3 is 29.5 Å². The van der Waals surface area contributed by atoms with E-state index in [4.69, 9.17) is 21.1 Å². The van der Waals surface area contributed by atoms with E-state index in [0.29, 0.717) is 28.4 Å². The quantitative estimate of drug-likeness (QED) is 0.486. The van der Waals surface area contributed by atoms with Gasteiger partial charge in [0.15, 0.2) is 0 Å². The highest BCUT2D eigenvalue weighted by Crippen LogP contribution is 2.57. The molecule has 38 heavy (non-hydrogen) atoms. The molecule has 1 amide bonds. The topological polar surface area (TPSA) is 83.1 Å². The lowest BCUT2D eigenvalue weighted by Crippen LogP contribution is -2.44. The SMILES string of the molecule is COc1cc(N2CCN(C)CC2)c(F)cc1Nc1ncc(Cl)c(Oc2cccc3c2C(=O)N(C)C32CC2)n1. The van der Waals surface area contributed by atoms with Crippen molar-refractivity contribution in [2.24, 2.45) is 0 Å². The minimum atomic E-state index is -0.375. The first-order chi connectivity index (χ1) is 18.3. The van der Waals surface area contributed by atoms with Crippen molar-refractivity contribution in [3.63, 3.8) is 0 Å². The van der Waals surface area contributed by atoms with Crippen LogP contribution in [-0.4, -0.2) is 73.1 Å². The molecule has 0 atom stereocenters. The van der Waals surface area contributed by atoms with Gasteiger partial charge in [-0.3, -0.25) is 4.79 Å². The molecule has 2 fully saturated rings. The van der Waals surface area contributed by atoms with Crippen LogP contribution in [0.5, 0.6) is 17.4 Å². The van der Waals surface area contributed by atoms with Gasteiger partial charge in [0.05, 0.1) is 35.8 Å². The van der Waals surface area contributed by atoms with Gasteiger partial charge in [-0.05, 0) is 31.5 Å². The van der Waals surface area contributed by atoms with Gasteiger partial charge in [-0.15, -0.1) is 0 Å². The molecule has 1 aliphatic carbocycles. The van der Waals surface area contributed by atoms with Crippen LogP contribution in [0.4, 0.5) is 21.7 Å². The lowest BCUT2D eigenvalue weighted by atomic mass is 10.0. The molecule has 0 bridgehead atoms. The monoisotopic (exact) mass is 538 g/mol. The number of likely N-dealkylation sites (N-methyl/N-ethyl adjacent to an activating group) is 1. The summed E-state index contributed by atoms with van der Waals surface area (Å²) in [6, 6.07) is 8.62. The number of amides is 1. The summed E-state index contributed by atoms with van der Waals surface area (Å²) in [5.41, 5.74) is 2.11. The molecule has 198 valence electrons. The van der Waals surface area contributed by atoms with Gasteiger partial charge in [0, 0.05) is 45.4 Å². The van der Waals surface area contributed by atoms with Crippen LogP contribution in [0, 0.1) is 5.82 Å². The van der Waals surface area contributed by atoms with Crippen LogP contribution in [-0.2, 0) is 5.54 Å². The Hall–Kier alpha value is -3.63. The van der Waals surface area contributed by atoms with Crippen LogP contribution in [0.3, 0.4) is 0 Å². The fraction of sp³-hybridized carbons (Fsp3) is 0.370. The Morgan fingerprint density at radius 3 is 2.58 bits per heavy atom. The molecule has 11 heteroatoms. The first kappa shape index (κ1) is 24.7. The maximum Gasteiger partial charge on any atom is 0.258 e. The highest BCUT2D eigenvalue weighted by atomic mass is 35.5. The number of hydrogen-bond donors (Lipinski definition) is 1. The predicted octanol–water partition coefficient (Wildman–Crippen LogP) is 4.64. The zero-order valence-corrected chi connectivity index (χ0v) is 22.2. The molecule has 1 aromatic heterocycles. The second kappa shape index (κ2) is 9.28. The fourth-order valence-electron chi connectivity index (χ4n) is 5.30. The Labute approximate surface area is 225 Å². The van der Waals surface area contributed by atoms with E-state index in [2.05, 4.69) is 27.2 Å². The second-order valence-corrected chi connectivity index (χ2v) is 10.3. The van der Waals surface area contributed by atoms with E-state index in [1.165, 1.54) is 19.4 Å². The Bertz CT molecular complexity index is 1420. The fourth-order valence-corrected chi connectivity index (χ4v) is 5.43. The average molecular weight is 539 g/mol. The van der Waals surface area contributed by atoms with Crippen molar-refractivity contribution in [3.05, 3.63) is 58.5 Å². The number of rotatable bonds is 6. The van der Waals surface area contributed by atoms with Crippen molar-refractivity contribution in [1.82, 2.24) is 19.8 Å². The number of carbonyl (C=O) groups is 1. The third-order valence-electron chi connectivity index (χ3n) is 7.69. The molecule has 2 aliphatic heterocycles. The number of nitrogens with one attached hydrogen (secondary N) is 1. The van der Waals surface area contributed by atoms with E-state index in [1.54, 1.807) is 17.0 Å². The van der Waals surface area contributed by atoms with E-state index in [9.17, 15) is 4.79 Å². The summed E-state index contributed by atoms with van der Waals surface area (Å²) in [7, 11) is 5.40. The highest BCUT2D eigenvalue weighted by molar-refractivity contribution is 6.31. The molecule has 0 unspecified atom stereocenters. The van der Waals surface area contributed by atoms with Gasteiger partial charge in [0.25, 0.3) is 5.91 Å². The van der Waals surface area contributed by atoms with Crippen LogP contribution in [0.25, 0.3) is 0 Å². The predicted molar refractivity (Wildman–Crippen MR) is 143 cm³/mol. The molecule has 3 aromatic rings. The molecule has 3 heterocycles. The Balaban J connectivity index is 1.27. The summed E-state index contributed by atoms with van der Waals surface area (Å²) in [6.07, 6.45) is 3.26. The van der Waals surface area contributed by atoms with Gasteiger partial charge in [-0.25, -0.2) is 9.37 Å². The largest absolute Gasteiger partial charge is 0.494 e. The van der Waals surface area contributed by atoms with Crippen molar-refractivity contribution < 1.29 is 18.7 Å². The lowest BCUT2D eigenvalue weighted by Gasteiger charge is -2.34. The zero-order chi connectivity index (χ0) is 26.6. The Morgan fingerprint density at radius 1 is 1.11 bits per heavy atom. The molecular weight excluding hydrogens is 511 g/mol. The summed E-state index contributed by atoms with van der Waals surface area (Å²) in [5, 5.41) is 3.20. The second-order valence-electron chi connectivity index (χ2n) is 9.94. The number of fused-ring (bicyclic) bond motifs is 2. The zero-order valence-electron chi connectivity index (χ0n) is 21.4. The molecule has 1 saturated heterocycles. The summed E-state index contributed by atoms with van der Waals surface area (Å²) >= 11 is 6.37. The minimum Gasteiger partial charge on any atom is -0.494 e. The summed E-state index contributed by atoms with van der Waals surface area (Å²) in [5.74, 6) is 0.597. The Kier molecular flexibility index (Phi) is 6.03. The number of benzene rings is 2. The lowest BCUT2D eigenvalue weighted by molar-refractivity contribution is 0.0753. The van der Waals surface area contributed by atoms with Crippen LogP contribution in [0.1, 0.15) is 28.8 Å². The van der Waals surface area contributed by atoms with Gasteiger partial charge >= 0.3 is 0 Å². The first-order valence-electron chi connectivity index (χ1n) is 12.5. The van der Waals surface area contributed by atoms with Crippen molar-refractivity contribution in [2.45, 2.75) is 18.4 Å². The van der Waals surface area contributed by atoms with Gasteiger partial charge in [0.1, 0.15) is 22.3 Å². The van der Waals surface area contributed by atoms with Gasteiger partial charge in [-0.2, -0.15) is 4.98 Å². The van der Waals surface area contributed by atoms with E-state index in [1.807, 2.05) is 24.1 Å². The van der Waals surface area contributed by atoms with E-state index in [0.717, 1.165) is 44.6 Å². The molecule has 2 aromatic carbocycles. The normalized spacial score (nSPS) is 18.1. The third kappa shape index (κ3) is 4.08. The molecule has 0 radical (unpaired) electrons. The number of methoxy groups -OCH3 is 1. The molecule has 3 aliphatic rings. The van der Waals surface area contributed by atoms with Crippen LogP contribution >= 0.6 is 11.6 Å². The van der Waals surface area contributed by atoms with Crippen molar-refractivity contribution in [2.75, 3.05) is 57.6 Å². The number of aromatic nitrogens is 2. The van der Waals surface area contributed by atoms with Crippen molar-refractivity contribution in [1.29, 1.82) is 0 Å². The number of nitrogens with zero attached hydrogens (tertiary/aromatic N) is 5. The molecule has 1 N–H and O–H groups in total. The molecule has 1 saturated carbocycles. The van der Waals surface area contributed by atoms with E-state index < -0.39 is 0 Å². The van der Waals surface area contributed by atoms with Crippen molar-refractivity contribution >= 4 is 34.8 Å². The van der Waals surface area contributed by atoms with Crippen molar-refractivity contribution in [3.8, 4) is 17.4 Å². The Morgan fingerprint density at radius 2 is 1.87 bits per heavy atom. The molecule has 6 rings (SSSR count). The van der Waals surface area contributed by atoms with Gasteiger partial charge in [-0.1, -0.05) is 23.7 Å². The molecular formula is C27H28ClFN6O3. The minimum absolute atomic E-state index is 0.0817. The average Bonchev–Trinajstić information content (AvgIpc) is 3.69. The van der Waals surface area contributed by atoms with Gasteiger partial charge in [0.2, 0.25) is 11.8 Å². The summed E-state index contributed by atoms with van der Waals surface area (Å²) in [6.45, 7) is 3.17. The smallest absolute Gasteiger partial charge is 0.258 e. The van der Waals surface area contributed by atoms with E-state index in [-0.39, 0.29) is 34.1 Å². The molecule has 1 spiro atoms. The highest BCUT2D eigenvalue weighted by Gasteiger charge is 2.57. The third-order valence-corrected chi connectivity index (χ3v) is 7.95. The molecule has 9 nitrogen and oxygen atoms in total. The summed E-state index contributed by atoms with van der Waals surface area (Å²) in [4.78, 5) is 27.7. The standard InChI is InChI=1S/C27H28ClFN6O3/c1-33-9-11-35(12-10-33)20-14-22(37-3)19(13-18(20)29)31-26-30-15-17(28)24(32-26)38-21-6-4-5-16-23(21)25(36)34(2)27(16)7-8-27/h4-6,13-15H,7-12H2,1-3H3,(H,30,31,32). The number of halogens is 2. The first-order valence-corrected chi connectivity index (χ1v) is 12.9. The summed E-state index contributed by atoms with van der Waals surface area (Å²) < 4.78 is 26.8. The maximum atomic E-state index is 15.2. The number of ether oxygens (including phenoxy) is 2. The number of hydrogen-bond acceptors (Lipinski definition) is 8. The number of anilines is 3.